The lowest BCUT2D eigenvalue weighted by Gasteiger charge is -2.24. The molecule has 0 aliphatic rings. The predicted octanol–water partition coefficient (Wildman–Crippen LogP) is 3.52. The van der Waals surface area contributed by atoms with Gasteiger partial charge in [0, 0.05) is 10.9 Å². The van der Waals surface area contributed by atoms with Crippen LogP contribution in [0.25, 0.3) is 0 Å². The van der Waals surface area contributed by atoms with Gasteiger partial charge in [0.1, 0.15) is 5.82 Å². The van der Waals surface area contributed by atoms with Gasteiger partial charge in [0.15, 0.2) is 0 Å². The highest BCUT2D eigenvalue weighted by Gasteiger charge is 2.22. The van der Waals surface area contributed by atoms with Crippen molar-refractivity contribution in [3.63, 3.8) is 0 Å². The summed E-state index contributed by atoms with van der Waals surface area (Å²) in [6.45, 7) is 7.71. The van der Waals surface area contributed by atoms with Crippen molar-refractivity contribution in [3.05, 3.63) is 34.1 Å². The SMILES string of the molecule is CC(C)CNCCC(C)(O)Cc1ccc(Br)cc1F. The highest BCUT2D eigenvalue weighted by atomic mass is 79.9. The highest BCUT2D eigenvalue weighted by Crippen LogP contribution is 2.21. The van der Waals surface area contributed by atoms with Gasteiger partial charge in [-0.1, -0.05) is 35.8 Å². The van der Waals surface area contributed by atoms with Crippen molar-refractivity contribution in [1.82, 2.24) is 5.32 Å². The Morgan fingerprint density at radius 1 is 1.42 bits per heavy atom. The normalized spacial score (nSPS) is 14.7. The van der Waals surface area contributed by atoms with Crippen molar-refractivity contribution < 1.29 is 9.50 Å². The fourth-order valence-corrected chi connectivity index (χ4v) is 2.25. The first-order chi connectivity index (χ1) is 8.80. The van der Waals surface area contributed by atoms with Gasteiger partial charge in [0.05, 0.1) is 5.60 Å². The van der Waals surface area contributed by atoms with E-state index in [-0.39, 0.29) is 5.82 Å². The van der Waals surface area contributed by atoms with Crippen LogP contribution in [0.15, 0.2) is 22.7 Å². The molecule has 1 unspecified atom stereocenters. The van der Waals surface area contributed by atoms with Gasteiger partial charge in [0.2, 0.25) is 0 Å². The molecule has 2 N–H and O–H groups in total. The zero-order chi connectivity index (χ0) is 14.5. The summed E-state index contributed by atoms with van der Waals surface area (Å²) in [5.74, 6) is 0.318. The van der Waals surface area contributed by atoms with Crippen LogP contribution in [0.2, 0.25) is 0 Å². The number of halogens is 2. The van der Waals surface area contributed by atoms with Crippen molar-refractivity contribution >= 4 is 15.9 Å². The molecule has 2 nitrogen and oxygen atoms in total. The number of hydrogen-bond acceptors (Lipinski definition) is 2. The molecule has 19 heavy (non-hydrogen) atoms. The van der Waals surface area contributed by atoms with Crippen LogP contribution >= 0.6 is 15.9 Å². The largest absolute Gasteiger partial charge is 0.390 e. The molecule has 0 heterocycles. The maximum atomic E-state index is 13.7. The molecule has 0 aromatic heterocycles. The van der Waals surface area contributed by atoms with Crippen LogP contribution < -0.4 is 5.32 Å². The summed E-state index contributed by atoms with van der Waals surface area (Å²) in [6, 6.07) is 4.95. The van der Waals surface area contributed by atoms with Crippen LogP contribution in [0.1, 0.15) is 32.8 Å². The second kappa shape index (κ2) is 7.36. The fraction of sp³-hybridized carbons (Fsp3) is 0.600. The summed E-state index contributed by atoms with van der Waals surface area (Å²) in [4.78, 5) is 0. The first-order valence-corrected chi connectivity index (χ1v) is 7.46. The van der Waals surface area contributed by atoms with Gasteiger partial charge in [-0.15, -0.1) is 0 Å². The lowest BCUT2D eigenvalue weighted by atomic mass is 9.93. The summed E-state index contributed by atoms with van der Waals surface area (Å²) >= 11 is 3.23. The van der Waals surface area contributed by atoms with E-state index in [4.69, 9.17) is 0 Å². The molecule has 0 bridgehead atoms. The maximum absolute atomic E-state index is 13.7. The summed E-state index contributed by atoms with van der Waals surface area (Å²) in [5, 5.41) is 13.6. The minimum atomic E-state index is -0.890. The number of aliphatic hydroxyl groups is 1. The van der Waals surface area contributed by atoms with E-state index in [0.717, 1.165) is 13.1 Å². The van der Waals surface area contributed by atoms with Gasteiger partial charge in [0.25, 0.3) is 0 Å². The zero-order valence-electron chi connectivity index (χ0n) is 11.8. The van der Waals surface area contributed by atoms with Crippen molar-refractivity contribution in [2.24, 2.45) is 5.92 Å². The second-order valence-electron chi connectivity index (χ2n) is 5.76. The number of benzene rings is 1. The van der Waals surface area contributed by atoms with Crippen LogP contribution in [0.4, 0.5) is 4.39 Å². The smallest absolute Gasteiger partial charge is 0.127 e. The molecule has 0 aliphatic carbocycles. The van der Waals surface area contributed by atoms with E-state index in [1.807, 2.05) is 0 Å². The van der Waals surface area contributed by atoms with Crippen LogP contribution in [-0.4, -0.2) is 23.8 Å². The van der Waals surface area contributed by atoms with Gasteiger partial charge >= 0.3 is 0 Å². The average Bonchev–Trinajstić information content (AvgIpc) is 2.28. The first kappa shape index (κ1) is 16.6. The van der Waals surface area contributed by atoms with Gasteiger partial charge < -0.3 is 10.4 Å². The molecule has 0 saturated carbocycles. The van der Waals surface area contributed by atoms with E-state index in [9.17, 15) is 9.50 Å². The van der Waals surface area contributed by atoms with Gasteiger partial charge in [-0.2, -0.15) is 0 Å². The van der Waals surface area contributed by atoms with Gasteiger partial charge in [-0.05, 0) is 50.0 Å². The Morgan fingerprint density at radius 3 is 2.68 bits per heavy atom. The molecule has 0 radical (unpaired) electrons. The number of nitrogens with one attached hydrogen (secondary N) is 1. The maximum Gasteiger partial charge on any atom is 0.127 e. The van der Waals surface area contributed by atoms with Crippen LogP contribution in [0.3, 0.4) is 0 Å². The molecule has 4 heteroatoms. The molecule has 1 aromatic carbocycles. The monoisotopic (exact) mass is 331 g/mol. The molecule has 1 rings (SSSR count). The molecule has 108 valence electrons. The first-order valence-electron chi connectivity index (χ1n) is 6.67. The van der Waals surface area contributed by atoms with Gasteiger partial charge in [-0.25, -0.2) is 4.39 Å². The fourth-order valence-electron chi connectivity index (χ4n) is 1.91. The Bertz CT molecular complexity index is 407. The Hall–Kier alpha value is -0.450. The minimum absolute atomic E-state index is 0.273. The van der Waals surface area contributed by atoms with E-state index < -0.39 is 5.60 Å². The Morgan fingerprint density at radius 2 is 2.11 bits per heavy atom. The molecule has 0 fully saturated rings. The van der Waals surface area contributed by atoms with Crippen LogP contribution in [-0.2, 0) is 6.42 Å². The standard InChI is InChI=1S/C15H23BrFNO/c1-11(2)10-18-7-6-15(3,19)9-12-4-5-13(16)8-14(12)17/h4-5,8,11,18-19H,6-7,9-10H2,1-3H3. The lowest BCUT2D eigenvalue weighted by molar-refractivity contribution is 0.0505. The summed E-state index contributed by atoms with van der Waals surface area (Å²) in [5.41, 5.74) is -0.337. The van der Waals surface area contributed by atoms with Crippen molar-refractivity contribution in [3.8, 4) is 0 Å². The van der Waals surface area contributed by atoms with Crippen LogP contribution in [0, 0.1) is 11.7 Å². The number of rotatable bonds is 7. The second-order valence-corrected chi connectivity index (χ2v) is 6.67. The summed E-state index contributed by atoms with van der Waals surface area (Å²) in [7, 11) is 0. The minimum Gasteiger partial charge on any atom is -0.390 e. The quantitative estimate of drug-likeness (QED) is 0.749. The molecule has 0 amide bonds. The van der Waals surface area contributed by atoms with E-state index in [1.54, 1.807) is 19.1 Å². The molecule has 0 spiro atoms. The van der Waals surface area contributed by atoms with E-state index >= 15 is 0 Å². The molecule has 0 aliphatic heterocycles. The molecular weight excluding hydrogens is 309 g/mol. The molecule has 1 aromatic rings. The molecule has 0 saturated heterocycles. The molecular formula is C15H23BrFNO. The third-order valence-electron chi connectivity index (χ3n) is 2.98. The third-order valence-corrected chi connectivity index (χ3v) is 3.47. The Balaban J connectivity index is 2.49. The van der Waals surface area contributed by atoms with Crippen molar-refractivity contribution in [1.29, 1.82) is 0 Å². The van der Waals surface area contributed by atoms with E-state index in [1.165, 1.54) is 6.07 Å². The van der Waals surface area contributed by atoms with E-state index in [0.29, 0.717) is 28.8 Å². The summed E-state index contributed by atoms with van der Waals surface area (Å²) in [6.07, 6.45) is 0.935. The lowest BCUT2D eigenvalue weighted by Crippen LogP contribution is -2.33. The Labute approximate surface area is 123 Å². The molecule has 1 atom stereocenters. The zero-order valence-corrected chi connectivity index (χ0v) is 13.4. The van der Waals surface area contributed by atoms with Gasteiger partial charge in [-0.3, -0.25) is 0 Å². The summed E-state index contributed by atoms with van der Waals surface area (Å²) < 4.78 is 14.4. The van der Waals surface area contributed by atoms with Crippen LogP contribution in [0.5, 0.6) is 0 Å². The topological polar surface area (TPSA) is 32.3 Å². The average molecular weight is 332 g/mol. The van der Waals surface area contributed by atoms with Crippen molar-refractivity contribution in [2.75, 3.05) is 13.1 Å². The number of hydrogen-bond donors (Lipinski definition) is 2. The third kappa shape index (κ3) is 6.50. The van der Waals surface area contributed by atoms with E-state index in [2.05, 4.69) is 35.1 Å². The predicted molar refractivity (Wildman–Crippen MR) is 80.8 cm³/mol. The Kier molecular flexibility index (Phi) is 6.43. The van der Waals surface area contributed by atoms with Crippen molar-refractivity contribution in [2.45, 2.75) is 39.2 Å². The highest BCUT2D eigenvalue weighted by molar-refractivity contribution is 9.10.